The minimum Gasteiger partial charge on any atom is -0.494 e. The van der Waals surface area contributed by atoms with Crippen LogP contribution in [0.1, 0.15) is 62.2 Å². The van der Waals surface area contributed by atoms with Crippen LogP contribution in [-0.4, -0.2) is 35.9 Å². The number of carboxylic acid groups (broad SMARTS) is 1. The number of hydrogen-bond acceptors (Lipinski definition) is 4. The van der Waals surface area contributed by atoms with E-state index in [1.807, 2.05) is 0 Å². The van der Waals surface area contributed by atoms with Gasteiger partial charge in [-0.1, -0.05) is 19.3 Å². The predicted molar refractivity (Wildman–Crippen MR) is 97.3 cm³/mol. The van der Waals surface area contributed by atoms with Crippen molar-refractivity contribution < 1.29 is 24.2 Å². The highest BCUT2D eigenvalue weighted by atomic mass is 16.5. The van der Waals surface area contributed by atoms with Crippen LogP contribution in [0.3, 0.4) is 0 Å². The normalized spacial score (nSPS) is 15.9. The lowest BCUT2D eigenvalue weighted by Crippen LogP contribution is -2.44. The molecule has 1 amide bonds. The third-order valence-electron chi connectivity index (χ3n) is 4.97. The van der Waals surface area contributed by atoms with Gasteiger partial charge in [0.15, 0.2) is 5.78 Å². The number of Topliss-reactive ketones (excluding diaryl/α,β-unsaturated/α-hetero) is 1. The number of carbonyl (C=O) groups excluding carboxylic acids is 2. The third-order valence-corrected chi connectivity index (χ3v) is 4.97. The van der Waals surface area contributed by atoms with E-state index in [0.29, 0.717) is 43.6 Å². The van der Waals surface area contributed by atoms with E-state index in [1.165, 1.54) is 6.92 Å². The zero-order chi connectivity index (χ0) is 19.0. The summed E-state index contributed by atoms with van der Waals surface area (Å²) in [5.41, 5.74) is -0.171. The fourth-order valence-electron chi connectivity index (χ4n) is 3.26. The monoisotopic (exact) mass is 361 g/mol. The molecule has 0 bridgehead atoms. The van der Waals surface area contributed by atoms with E-state index in [-0.39, 0.29) is 18.2 Å². The summed E-state index contributed by atoms with van der Waals surface area (Å²) in [6, 6.07) is 6.88. The Labute approximate surface area is 153 Å². The Morgan fingerprint density at radius 3 is 2.35 bits per heavy atom. The van der Waals surface area contributed by atoms with Crippen molar-refractivity contribution in [2.45, 2.75) is 51.9 Å². The average Bonchev–Trinajstić information content (AvgIpc) is 2.64. The maximum atomic E-state index is 12.0. The topological polar surface area (TPSA) is 92.7 Å². The predicted octanol–water partition coefficient (Wildman–Crippen LogP) is 3.20. The van der Waals surface area contributed by atoms with Crippen LogP contribution in [0.4, 0.5) is 0 Å². The number of carbonyl (C=O) groups is 3. The number of amides is 1. The van der Waals surface area contributed by atoms with Crippen molar-refractivity contribution in [2.75, 3.05) is 13.2 Å². The number of benzene rings is 1. The Hall–Kier alpha value is -2.37. The van der Waals surface area contributed by atoms with Crippen molar-refractivity contribution >= 4 is 17.7 Å². The second kappa shape index (κ2) is 9.36. The van der Waals surface area contributed by atoms with Crippen LogP contribution < -0.4 is 10.1 Å². The van der Waals surface area contributed by atoms with Gasteiger partial charge in [-0.3, -0.25) is 14.4 Å². The van der Waals surface area contributed by atoms with E-state index < -0.39 is 11.4 Å². The molecule has 1 saturated carbocycles. The van der Waals surface area contributed by atoms with Crippen molar-refractivity contribution in [3.05, 3.63) is 29.8 Å². The van der Waals surface area contributed by atoms with Crippen LogP contribution in [0, 0.1) is 5.41 Å². The Balaban J connectivity index is 1.68. The van der Waals surface area contributed by atoms with Crippen LogP contribution in [-0.2, 0) is 9.59 Å². The summed E-state index contributed by atoms with van der Waals surface area (Å²) >= 11 is 0. The first kappa shape index (κ1) is 19.9. The summed E-state index contributed by atoms with van der Waals surface area (Å²) in [6.07, 6.45) is 4.95. The number of ether oxygens (including phenoxy) is 1. The Kier molecular flexibility index (Phi) is 7.18. The lowest BCUT2D eigenvalue weighted by molar-refractivity contribution is -0.151. The molecule has 1 fully saturated rings. The second-order valence-corrected chi connectivity index (χ2v) is 6.96. The van der Waals surface area contributed by atoms with Crippen molar-refractivity contribution in [1.82, 2.24) is 5.32 Å². The first-order valence-corrected chi connectivity index (χ1v) is 9.17. The lowest BCUT2D eigenvalue weighted by atomic mass is 9.74. The second-order valence-electron chi connectivity index (χ2n) is 6.96. The van der Waals surface area contributed by atoms with E-state index >= 15 is 0 Å². The molecule has 0 aliphatic heterocycles. The van der Waals surface area contributed by atoms with Gasteiger partial charge in [0.25, 0.3) is 0 Å². The van der Waals surface area contributed by atoms with E-state index in [2.05, 4.69) is 5.32 Å². The molecule has 1 aliphatic rings. The lowest BCUT2D eigenvalue weighted by Gasteiger charge is -2.33. The van der Waals surface area contributed by atoms with Gasteiger partial charge >= 0.3 is 5.97 Å². The van der Waals surface area contributed by atoms with E-state index in [9.17, 15) is 19.5 Å². The quantitative estimate of drug-likeness (QED) is 0.520. The minimum absolute atomic E-state index is 0.00493. The van der Waals surface area contributed by atoms with Gasteiger partial charge in [-0.15, -0.1) is 0 Å². The summed E-state index contributed by atoms with van der Waals surface area (Å²) in [7, 11) is 0. The van der Waals surface area contributed by atoms with Crippen LogP contribution in [0.25, 0.3) is 0 Å². The zero-order valence-electron chi connectivity index (χ0n) is 15.3. The van der Waals surface area contributed by atoms with Crippen molar-refractivity contribution in [3.8, 4) is 5.75 Å². The first-order chi connectivity index (χ1) is 12.4. The fraction of sp³-hybridized carbons (Fsp3) is 0.550. The Morgan fingerprint density at radius 1 is 1.12 bits per heavy atom. The fourth-order valence-corrected chi connectivity index (χ4v) is 3.26. The highest BCUT2D eigenvalue weighted by Gasteiger charge is 2.39. The molecule has 1 aromatic carbocycles. The van der Waals surface area contributed by atoms with Crippen molar-refractivity contribution in [3.63, 3.8) is 0 Å². The number of hydrogen-bond donors (Lipinski definition) is 2. The molecule has 2 rings (SSSR count). The average molecular weight is 361 g/mol. The molecule has 142 valence electrons. The minimum atomic E-state index is -0.810. The van der Waals surface area contributed by atoms with Gasteiger partial charge in [0.05, 0.1) is 12.0 Å². The van der Waals surface area contributed by atoms with Crippen LogP contribution in [0.2, 0.25) is 0 Å². The van der Waals surface area contributed by atoms with E-state index in [4.69, 9.17) is 4.74 Å². The number of rotatable bonds is 9. The molecule has 2 N–H and O–H groups in total. The van der Waals surface area contributed by atoms with Gasteiger partial charge in [0.1, 0.15) is 5.75 Å². The Morgan fingerprint density at radius 2 is 1.77 bits per heavy atom. The van der Waals surface area contributed by atoms with Crippen LogP contribution >= 0.6 is 0 Å². The Bertz CT molecular complexity index is 632. The largest absolute Gasteiger partial charge is 0.494 e. The van der Waals surface area contributed by atoms with Gasteiger partial charge < -0.3 is 15.2 Å². The number of aliphatic carboxylic acids is 1. The van der Waals surface area contributed by atoms with Crippen LogP contribution in [0.15, 0.2) is 24.3 Å². The van der Waals surface area contributed by atoms with Gasteiger partial charge in [-0.2, -0.15) is 0 Å². The summed E-state index contributed by atoms with van der Waals surface area (Å²) in [6.45, 7) is 2.10. The molecule has 1 aromatic rings. The molecular formula is C20H27NO5. The molecule has 0 atom stereocenters. The molecule has 0 aromatic heterocycles. The summed E-state index contributed by atoms with van der Waals surface area (Å²) in [4.78, 5) is 34.8. The van der Waals surface area contributed by atoms with Gasteiger partial charge in [-0.05, 0) is 50.5 Å². The van der Waals surface area contributed by atoms with Gasteiger partial charge in [-0.25, -0.2) is 0 Å². The molecule has 0 spiro atoms. The molecule has 0 heterocycles. The number of ketones is 1. The van der Waals surface area contributed by atoms with E-state index in [0.717, 1.165) is 19.3 Å². The summed E-state index contributed by atoms with van der Waals surface area (Å²) in [5, 5.41) is 12.3. The van der Waals surface area contributed by atoms with E-state index in [1.54, 1.807) is 24.3 Å². The maximum Gasteiger partial charge on any atom is 0.311 e. The SMILES string of the molecule is CC(=O)c1ccc(OCCCC(=O)NCC2(C(=O)O)CCCCC2)cc1. The first-order valence-electron chi connectivity index (χ1n) is 9.17. The third kappa shape index (κ3) is 5.58. The highest BCUT2D eigenvalue weighted by molar-refractivity contribution is 5.94. The molecule has 1 aliphatic carbocycles. The summed E-state index contributed by atoms with van der Waals surface area (Å²) in [5.74, 6) is -0.297. The highest BCUT2D eigenvalue weighted by Crippen LogP contribution is 2.36. The maximum absolute atomic E-state index is 12.0. The summed E-state index contributed by atoms with van der Waals surface area (Å²) < 4.78 is 5.56. The van der Waals surface area contributed by atoms with Crippen LogP contribution in [0.5, 0.6) is 5.75 Å². The molecule has 6 heteroatoms. The molecule has 6 nitrogen and oxygen atoms in total. The smallest absolute Gasteiger partial charge is 0.311 e. The standard InChI is InChI=1S/C20H27NO5/c1-15(22)16-7-9-17(10-8-16)26-13-5-6-18(23)21-14-20(19(24)25)11-3-2-4-12-20/h7-10H,2-6,11-14H2,1H3,(H,21,23)(H,24,25). The van der Waals surface area contributed by atoms with Crippen molar-refractivity contribution in [2.24, 2.45) is 5.41 Å². The molecular weight excluding hydrogens is 334 g/mol. The molecule has 0 saturated heterocycles. The number of carboxylic acids is 1. The molecule has 26 heavy (non-hydrogen) atoms. The molecule has 0 unspecified atom stereocenters. The zero-order valence-corrected chi connectivity index (χ0v) is 15.3. The van der Waals surface area contributed by atoms with Gasteiger partial charge in [0.2, 0.25) is 5.91 Å². The van der Waals surface area contributed by atoms with Gasteiger partial charge in [0, 0.05) is 18.5 Å². The number of nitrogens with one attached hydrogen (secondary N) is 1. The molecule has 0 radical (unpaired) electrons. The van der Waals surface area contributed by atoms with Crippen molar-refractivity contribution in [1.29, 1.82) is 0 Å².